The highest BCUT2D eigenvalue weighted by atomic mass is 35.5. The Kier molecular flexibility index (Phi) is 4.87. The number of likely N-dealkylation sites (N-methyl/N-ethyl adjacent to an activating group) is 1. The van der Waals surface area contributed by atoms with Crippen LogP contribution in [0.1, 0.15) is 22.7 Å². The molecule has 0 saturated carbocycles. The lowest BCUT2D eigenvalue weighted by molar-refractivity contribution is 0.592. The van der Waals surface area contributed by atoms with Gasteiger partial charge in [-0.05, 0) is 43.7 Å². The lowest BCUT2D eigenvalue weighted by Gasteiger charge is -2.17. The van der Waals surface area contributed by atoms with E-state index in [1.807, 2.05) is 25.2 Å². The van der Waals surface area contributed by atoms with Crippen LogP contribution in [0.15, 0.2) is 42.5 Å². The maximum atomic E-state index is 6.06. The third-order valence-electron chi connectivity index (χ3n) is 3.22. The molecule has 100 valence electrons. The fourth-order valence-corrected chi connectivity index (χ4v) is 2.50. The standard InChI is InChI=1S/C16H17Cl2N/c1-11-4-3-5-13(8-11)16(19-2)10-12-6-7-14(17)15(18)9-12/h3-9,16,19H,10H2,1-2H3. The van der Waals surface area contributed by atoms with Crippen LogP contribution in [0.3, 0.4) is 0 Å². The van der Waals surface area contributed by atoms with Gasteiger partial charge in [-0.1, -0.05) is 59.1 Å². The first-order chi connectivity index (χ1) is 9.10. The third-order valence-corrected chi connectivity index (χ3v) is 3.96. The van der Waals surface area contributed by atoms with Crippen molar-refractivity contribution >= 4 is 23.2 Å². The summed E-state index contributed by atoms with van der Waals surface area (Å²) in [4.78, 5) is 0. The molecule has 1 unspecified atom stereocenters. The van der Waals surface area contributed by atoms with Gasteiger partial charge < -0.3 is 5.32 Å². The summed E-state index contributed by atoms with van der Waals surface area (Å²) in [6.45, 7) is 2.11. The molecular weight excluding hydrogens is 277 g/mol. The van der Waals surface area contributed by atoms with Gasteiger partial charge >= 0.3 is 0 Å². The molecule has 0 aromatic heterocycles. The van der Waals surface area contributed by atoms with E-state index in [0.717, 1.165) is 6.42 Å². The van der Waals surface area contributed by atoms with Crippen LogP contribution in [-0.2, 0) is 6.42 Å². The van der Waals surface area contributed by atoms with Crippen molar-refractivity contribution in [3.63, 3.8) is 0 Å². The number of hydrogen-bond acceptors (Lipinski definition) is 1. The summed E-state index contributed by atoms with van der Waals surface area (Å²) in [6.07, 6.45) is 0.886. The van der Waals surface area contributed by atoms with E-state index in [1.54, 1.807) is 0 Å². The number of benzene rings is 2. The molecule has 0 aliphatic heterocycles. The van der Waals surface area contributed by atoms with E-state index in [2.05, 4.69) is 36.5 Å². The minimum absolute atomic E-state index is 0.275. The second-order valence-corrected chi connectivity index (χ2v) is 5.52. The van der Waals surface area contributed by atoms with E-state index in [4.69, 9.17) is 23.2 Å². The summed E-state index contributed by atoms with van der Waals surface area (Å²) in [5.41, 5.74) is 3.73. The van der Waals surface area contributed by atoms with Crippen molar-refractivity contribution in [1.82, 2.24) is 5.32 Å². The molecule has 0 amide bonds. The SMILES string of the molecule is CNC(Cc1ccc(Cl)c(Cl)c1)c1cccc(C)c1. The number of halogens is 2. The average Bonchev–Trinajstić information content (AvgIpc) is 2.40. The second kappa shape index (κ2) is 6.42. The third kappa shape index (κ3) is 3.73. The van der Waals surface area contributed by atoms with Crippen LogP contribution in [0.2, 0.25) is 10.0 Å². The second-order valence-electron chi connectivity index (χ2n) is 4.71. The molecule has 0 spiro atoms. The zero-order valence-corrected chi connectivity index (χ0v) is 12.6. The van der Waals surface area contributed by atoms with Gasteiger partial charge in [0.1, 0.15) is 0 Å². The van der Waals surface area contributed by atoms with Crippen LogP contribution in [0, 0.1) is 6.92 Å². The maximum Gasteiger partial charge on any atom is 0.0595 e. The molecule has 1 nitrogen and oxygen atoms in total. The predicted molar refractivity (Wildman–Crippen MR) is 83.1 cm³/mol. The minimum atomic E-state index is 0.275. The van der Waals surface area contributed by atoms with Gasteiger partial charge in [0.2, 0.25) is 0 Å². The molecule has 0 bridgehead atoms. The maximum absolute atomic E-state index is 6.06. The molecule has 1 atom stereocenters. The number of rotatable bonds is 4. The highest BCUT2D eigenvalue weighted by molar-refractivity contribution is 6.42. The van der Waals surface area contributed by atoms with Crippen LogP contribution in [0.4, 0.5) is 0 Å². The van der Waals surface area contributed by atoms with E-state index >= 15 is 0 Å². The normalized spacial score (nSPS) is 12.4. The molecule has 1 N–H and O–H groups in total. The smallest absolute Gasteiger partial charge is 0.0595 e. The van der Waals surface area contributed by atoms with E-state index in [9.17, 15) is 0 Å². The molecule has 3 heteroatoms. The van der Waals surface area contributed by atoms with Crippen LogP contribution in [0.25, 0.3) is 0 Å². The molecule has 2 rings (SSSR count). The van der Waals surface area contributed by atoms with Gasteiger partial charge in [-0.2, -0.15) is 0 Å². The summed E-state index contributed by atoms with van der Waals surface area (Å²) in [5, 5.41) is 4.56. The molecule has 0 aliphatic carbocycles. The Morgan fingerprint density at radius 3 is 2.47 bits per heavy atom. The number of aryl methyl sites for hydroxylation is 1. The highest BCUT2D eigenvalue weighted by Crippen LogP contribution is 2.25. The molecule has 2 aromatic carbocycles. The lowest BCUT2D eigenvalue weighted by atomic mass is 9.98. The summed E-state index contributed by atoms with van der Waals surface area (Å²) in [6, 6.07) is 14.6. The van der Waals surface area contributed by atoms with Crippen molar-refractivity contribution in [3.05, 3.63) is 69.2 Å². The Hall–Kier alpha value is -1.02. The Morgan fingerprint density at radius 1 is 1.05 bits per heavy atom. The van der Waals surface area contributed by atoms with Crippen molar-refractivity contribution in [2.45, 2.75) is 19.4 Å². The lowest BCUT2D eigenvalue weighted by Crippen LogP contribution is -2.18. The molecule has 0 saturated heterocycles. The summed E-state index contributed by atoms with van der Waals surface area (Å²) in [7, 11) is 1.98. The number of hydrogen-bond donors (Lipinski definition) is 1. The molecule has 0 heterocycles. The molecule has 0 fully saturated rings. The van der Waals surface area contributed by atoms with Gasteiger partial charge in [0, 0.05) is 6.04 Å². The molecule has 2 aromatic rings. The van der Waals surface area contributed by atoms with Crippen LogP contribution in [-0.4, -0.2) is 7.05 Å². The molecule has 0 aliphatic rings. The fourth-order valence-electron chi connectivity index (χ4n) is 2.18. The Morgan fingerprint density at radius 2 is 1.84 bits per heavy atom. The zero-order chi connectivity index (χ0) is 13.8. The van der Waals surface area contributed by atoms with Crippen LogP contribution >= 0.6 is 23.2 Å². The average molecular weight is 294 g/mol. The van der Waals surface area contributed by atoms with Crippen molar-refractivity contribution in [3.8, 4) is 0 Å². The Labute approximate surface area is 124 Å². The van der Waals surface area contributed by atoms with Crippen molar-refractivity contribution in [2.75, 3.05) is 7.05 Å². The largest absolute Gasteiger partial charge is 0.313 e. The van der Waals surface area contributed by atoms with E-state index in [1.165, 1.54) is 16.7 Å². The van der Waals surface area contributed by atoms with E-state index in [0.29, 0.717) is 10.0 Å². The highest BCUT2D eigenvalue weighted by Gasteiger charge is 2.11. The predicted octanol–water partition coefficient (Wildman–Crippen LogP) is 4.81. The topological polar surface area (TPSA) is 12.0 Å². The van der Waals surface area contributed by atoms with Crippen LogP contribution in [0.5, 0.6) is 0 Å². The number of nitrogens with one attached hydrogen (secondary N) is 1. The van der Waals surface area contributed by atoms with Gasteiger partial charge in [-0.15, -0.1) is 0 Å². The quantitative estimate of drug-likeness (QED) is 0.853. The van der Waals surface area contributed by atoms with E-state index < -0.39 is 0 Å². The summed E-state index contributed by atoms with van der Waals surface area (Å²) >= 11 is 12.0. The van der Waals surface area contributed by atoms with Crippen LogP contribution < -0.4 is 5.32 Å². The van der Waals surface area contributed by atoms with Gasteiger partial charge in [-0.3, -0.25) is 0 Å². The van der Waals surface area contributed by atoms with Gasteiger partial charge in [0.15, 0.2) is 0 Å². The molecular formula is C16H17Cl2N. The monoisotopic (exact) mass is 293 g/mol. The van der Waals surface area contributed by atoms with Crippen molar-refractivity contribution < 1.29 is 0 Å². The van der Waals surface area contributed by atoms with E-state index in [-0.39, 0.29) is 6.04 Å². The Balaban J connectivity index is 2.21. The minimum Gasteiger partial charge on any atom is -0.313 e. The first-order valence-electron chi connectivity index (χ1n) is 6.28. The van der Waals surface area contributed by atoms with Gasteiger partial charge in [0.05, 0.1) is 10.0 Å². The molecule has 0 radical (unpaired) electrons. The summed E-state index contributed by atoms with van der Waals surface area (Å²) < 4.78 is 0. The van der Waals surface area contributed by atoms with Gasteiger partial charge in [-0.25, -0.2) is 0 Å². The Bertz CT molecular complexity index is 566. The first kappa shape index (κ1) is 14.4. The summed E-state index contributed by atoms with van der Waals surface area (Å²) in [5.74, 6) is 0. The molecule has 19 heavy (non-hydrogen) atoms. The first-order valence-corrected chi connectivity index (χ1v) is 7.03. The zero-order valence-electron chi connectivity index (χ0n) is 11.1. The van der Waals surface area contributed by atoms with Crippen molar-refractivity contribution in [2.24, 2.45) is 0 Å². The van der Waals surface area contributed by atoms with Gasteiger partial charge in [0.25, 0.3) is 0 Å². The van der Waals surface area contributed by atoms with Crippen molar-refractivity contribution in [1.29, 1.82) is 0 Å². The fraction of sp³-hybridized carbons (Fsp3) is 0.250.